The Morgan fingerprint density at radius 1 is 1.21 bits per heavy atom. The summed E-state index contributed by atoms with van der Waals surface area (Å²) >= 11 is 0. The van der Waals surface area contributed by atoms with Gasteiger partial charge in [-0.1, -0.05) is 25.0 Å². The first-order chi connectivity index (χ1) is 9.16. The first kappa shape index (κ1) is 12.9. The number of hydrogen-bond donors (Lipinski definition) is 2. The van der Waals surface area contributed by atoms with Gasteiger partial charge in [0.2, 0.25) is 0 Å². The van der Waals surface area contributed by atoms with E-state index in [1.54, 1.807) is 0 Å². The molecule has 0 bridgehead atoms. The third-order valence-electron chi connectivity index (χ3n) is 4.90. The van der Waals surface area contributed by atoms with Gasteiger partial charge in [0.05, 0.1) is 5.60 Å². The molecule has 2 fully saturated rings. The van der Waals surface area contributed by atoms with E-state index >= 15 is 0 Å². The third-order valence-corrected chi connectivity index (χ3v) is 4.90. The van der Waals surface area contributed by atoms with Crippen molar-refractivity contribution in [3.05, 3.63) is 29.8 Å². The van der Waals surface area contributed by atoms with Crippen molar-refractivity contribution in [1.82, 2.24) is 4.90 Å². The molecular formula is C16H24N2O. The molecule has 0 aromatic heterocycles. The average molecular weight is 260 g/mol. The van der Waals surface area contributed by atoms with Crippen LogP contribution >= 0.6 is 0 Å². The molecule has 1 aliphatic carbocycles. The summed E-state index contributed by atoms with van der Waals surface area (Å²) in [5.74, 6) is 0.476. The zero-order valence-corrected chi connectivity index (χ0v) is 11.5. The molecule has 2 aliphatic rings. The van der Waals surface area contributed by atoms with Gasteiger partial charge in [-0.3, -0.25) is 4.90 Å². The average Bonchev–Trinajstić information content (AvgIpc) is 2.41. The Kier molecular flexibility index (Phi) is 3.50. The number of rotatable bonds is 2. The Labute approximate surface area is 115 Å². The van der Waals surface area contributed by atoms with Gasteiger partial charge in [-0.05, 0) is 37.0 Å². The quantitative estimate of drug-likeness (QED) is 0.803. The number of likely N-dealkylation sites (tertiary alicyclic amines) is 1. The molecule has 1 aromatic rings. The highest BCUT2D eigenvalue weighted by atomic mass is 16.3. The number of nitrogens with zero attached hydrogens (tertiary/aromatic N) is 1. The van der Waals surface area contributed by atoms with Crippen LogP contribution in [0.2, 0.25) is 0 Å². The summed E-state index contributed by atoms with van der Waals surface area (Å²) in [6.45, 7) is 3.03. The number of benzene rings is 1. The van der Waals surface area contributed by atoms with Crippen LogP contribution in [0.5, 0.6) is 0 Å². The maximum absolute atomic E-state index is 10.7. The fraction of sp³-hybridized carbons (Fsp3) is 0.625. The van der Waals surface area contributed by atoms with Gasteiger partial charge in [0.25, 0.3) is 0 Å². The second-order valence-electron chi connectivity index (χ2n) is 6.27. The van der Waals surface area contributed by atoms with E-state index in [9.17, 15) is 5.11 Å². The van der Waals surface area contributed by atoms with Crippen LogP contribution in [0.1, 0.15) is 37.7 Å². The Morgan fingerprint density at radius 2 is 2.00 bits per heavy atom. The van der Waals surface area contributed by atoms with Gasteiger partial charge in [-0.25, -0.2) is 0 Å². The van der Waals surface area contributed by atoms with E-state index in [0.29, 0.717) is 5.92 Å². The van der Waals surface area contributed by atoms with Gasteiger partial charge in [-0.15, -0.1) is 0 Å². The van der Waals surface area contributed by atoms with E-state index < -0.39 is 0 Å². The summed E-state index contributed by atoms with van der Waals surface area (Å²) in [6.07, 6.45) is 5.61. The van der Waals surface area contributed by atoms with Crippen molar-refractivity contribution in [1.29, 1.82) is 0 Å². The highest BCUT2D eigenvalue weighted by molar-refractivity contribution is 5.39. The lowest BCUT2D eigenvalue weighted by molar-refractivity contribution is -0.0967. The van der Waals surface area contributed by atoms with Gasteiger partial charge >= 0.3 is 0 Å². The number of hydrogen-bond acceptors (Lipinski definition) is 3. The number of piperidine rings is 1. The van der Waals surface area contributed by atoms with Crippen LogP contribution in [-0.2, 0) is 6.54 Å². The molecule has 2 unspecified atom stereocenters. The van der Waals surface area contributed by atoms with Crippen LogP contribution in [-0.4, -0.2) is 28.7 Å². The zero-order chi connectivity index (χ0) is 13.3. The number of anilines is 1. The summed E-state index contributed by atoms with van der Waals surface area (Å²) < 4.78 is 0. The summed E-state index contributed by atoms with van der Waals surface area (Å²) in [5.41, 5.74) is 7.49. The highest BCUT2D eigenvalue weighted by Crippen LogP contribution is 2.39. The molecule has 0 spiro atoms. The monoisotopic (exact) mass is 260 g/mol. The number of nitrogen functional groups attached to an aromatic ring is 1. The summed E-state index contributed by atoms with van der Waals surface area (Å²) in [5, 5.41) is 10.7. The van der Waals surface area contributed by atoms with Crippen LogP contribution in [0.3, 0.4) is 0 Å². The lowest BCUT2D eigenvalue weighted by Gasteiger charge is -2.47. The Hall–Kier alpha value is -1.06. The lowest BCUT2D eigenvalue weighted by atomic mass is 9.71. The second-order valence-corrected chi connectivity index (χ2v) is 6.27. The first-order valence-electron chi connectivity index (χ1n) is 7.45. The minimum atomic E-state index is -0.365. The molecule has 3 nitrogen and oxygen atoms in total. The minimum Gasteiger partial charge on any atom is -0.399 e. The summed E-state index contributed by atoms with van der Waals surface area (Å²) in [4.78, 5) is 2.48. The summed E-state index contributed by atoms with van der Waals surface area (Å²) in [7, 11) is 0. The van der Waals surface area contributed by atoms with Gasteiger partial charge in [0, 0.05) is 31.2 Å². The number of nitrogens with two attached hydrogens (primary N) is 1. The maximum Gasteiger partial charge on any atom is 0.0700 e. The van der Waals surface area contributed by atoms with Gasteiger partial charge in [0.1, 0.15) is 0 Å². The molecule has 3 heteroatoms. The molecule has 0 radical (unpaired) electrons. The van der Waals surface area contributed by atoms with Crippen LogP contribution < -0.4 is 5.73 Å². The number of fused-ring (bicyclic) bond motifs is 1. The predicted octanol–water partition coefficient (Wildman–Crippen LogP) is 2.40. The molecule has 1 heterocycles. The molecule has 104 valence electrons. The van der Waals surface area contributed by atoms with Crippen molar-refractivity contribution >= 4 is 5.69 Å². The van der Waals surface area contributed by atoms with Crippen molar-refractivity contribution in [3.8, 4) is 0 Å². The molecule has 2 atom stereocenters. The second kappa shape index (κ2) is 5.14. The fourth-order valence-electron chi connectivity index (χ4n) is 3.66. The van der Waals surface area contributed by atoms with E-state index in [1.165, 1.54) is 24.8 Å². The van der Waals surface area contributed by atoms with Crippen LogP contribution in [0.4, 0.5) is 5.69 Å². The molecule has 19 heavy (non-hydrogen) atoms. The van der Waals surface area contributed by atoms with Crippen molar-refractivity contribution in [2.24, 2.45) is 5.92 Å². The normalized spacial score (nSPS) is 31.9. The molecule has 1 aromatic carbocycles. The first-order valence-corrected chi connectivity index (χ1v) is 7.45. The van der Waals surface area contributed by atoms with E-state index in [0.717, 1.165) is 38.2 Å². The van der Waals surface area contributed by atoms with Crippen LogP contribution in [0, 0.1) is 5.92 Å². The van der Waals surface area contributed by atoms with E-state index in [-0.39, 0.29) is 5.60 Å². The van der Waals surface area contributed by atoms with Gasteiger partial charge in [-0.2, -0.15) is 0 Å². The molecule has 1 saturated heterocycles. The smallest absolute Gasteiger partial charge is 0.0700 e. The zero-order valence-electron chi connectivity index (χ0n) is 11.5. The topological polar surface area (TPSA) is 49.5 Å². The lowest BCUT2D eigenvalue weighted by Crippen LogP contribution is -2.52. The molecule has 1 saturated carbocycles. The molecule has 3 N–H and O–H groups in total. The van der Waals surface area contributed by atoms with Crippen molar-refractivity contribution in [2.75, 3.05) is 18.8 Å². The van der Waals surface area contributed by atoms with Gasteiger partial charge in [0.15, 0.2) is 0 Å². The van der Waals surface area contributed by atoms with E-state index in [4.69, 9.17) is 5.73 Å². The van der Waals surface area contributed by atoms with Crippen molar-refractivity contribution in [3.63, 3.8) is 0 Å². The van der Waals surface area contributed by atoms with Crippen molar-refractivity contribution < 1.29 is 5.11 Å². The SMILES string of the molecule is Nc1ccc(CN2CCC3(O)CCCCC3C2)cc1. The maximum atomic E-state index is 10.7. The Bertz CT molecular complexity index is 431. The largest absolute Gasteiger partial charge is 0.399 e. The van der Waals surface area contributed by atoms with E-state index in [1.807, 2.05) is 12.1 Å². The van der Waals surface area contributed by atoms with E-state index in [2.05, 4.69) is 17.0 Å². The molecule has 0 amide bonds. The molecule has 1 aliphatic heterocycles. The van der Waals surface area contributed by atoms with Crippen molar-refractivity contribution in [2.45, 2.75) is 44.2 Å². The third kappa shape index (κ3) is 2.77. The highest BCUT2D eigenvalue weighted by Gasteiger charge is 2.42. The van der Waals surface area contributed by atoms with Crippen LogP contribution in [0.25, 0.3) is 0 Å². The fourth-order valence-corrected chi connectivity index (χ4v) is 3.66. The Morgan fingerprint density at radius 3 is 2.79 bits per heavy atom. The van der Waals surface area contributed by atoms with Crippen LogP contribution in [0.15, 0.2) is 24.3 Å². The summed E-state index contributed by atoms with van der Waals surface area (Å²) in [6, 6.07) is 8.15. The Balaban J connectivity index is 1.63. The standard InChI is InChI=1S/C16H24N2O/c17-15-6-4-13(5-7-15)11-18-10-9-16(19)8-2-1-3-14(16)12-18/h4-7,14,19H,1-3,8-12,17H2. The predicted molar refractivity (Wildman–Crippen MR) is 77.7 cm³/mol. The number of aliphatic hydroxyl groups is 1. The molecular weight excluding hydrogens is 236 g/mol. The minimum absolute atomic E-state index is 0.365. The molecule has 3 rings (SSSR count). The van der Waals surface area contributed by atoms with Gasteiger partial charge < -0.3 is 10.8 Å².